The zero-order valence-electron chi connectivity index (χ0n) is 13.7. The number of nitrogens with one attached hydrogen (secondary N) is 1. The van der Waals surface area contributed by atoms with Crippen LogP contribution >= 0.6 is 0 Å². The van der Waals surface area contributed by atoms with Gasteiger partial charge in [-0.05, 0) is 48.9 Å². The molecule has 0 aliphatic heterocycles. The van der Waals surface area contributed by atoms with Crippen LogP contribution in [0.4, 0.5) is 0 Å². The van der Waals surface area contributed by atoms with E-state index in [-0.39, 0.29) is 0 Å². The molecule has 0 spiro atoms. The van der Waals surface area contributed by atoms with Crippen molar-refractivity contribution in [2.45, 2.75) is 52.6 Å². The summed E-state index contributed by atoms with van der Waals surface area (Å²) < 4.78 is 5.78. The van der Waals surface area contributed by atoms with Crippen molar-refractivity contribution in [3.63, 3.8) is 0 Å². The van der Waals surface area contributed by atoms with Gasteiger partial charge in [0.05, 0.1) is 6.61 Å². The van der Waals surface area contributed by atoms with Gasteiger partial charge in [-0.15, -0.1) is 0 Å². The number of hydrogen-bond donors (Lipinski definition) is 1. The van der Waals surface area contributed by atoms with Crippen LogP contribution in [0.1, 0.15) is 50.7 Å². The van der Waals surface area contributed by atoms with Crippen LogP contribution in [-0.4, -0.2) is 19.7 Å². The molecule has 0 unspecified atom stereocenters. The van der Waals surface area contributed by atoms with Crippen molar-refractivity contribution < 1.29 is 4.74 Å². The van der Waals surface area contributed by atoms with Crippen molar-refractivity contribution in [3.05, 3.63) is 35.4 Å². The Hall–Kier alpha value is -0.860. The molecule has 2 heteroatoms. The van der Waals surface area contributed by atoms with Gasteiger partial charge in [0.2, 0.25) is 0 Å². The summed E-state index contributed by atoms with van der Waals surface area (Å²) in [6.07, 6.45) is 6.62. The normalized spacial score (nSPS) is 15.4. The lowest BCUT2D eigenvalue weighted by Gasteiger charge is -2.24. The molecule has 0 amide bonds. The molecule has 0 bridgehead atoms. The number of ether oxygens (including phenoxy) is 1. The topological polar surface area (TPSA) is 21.3 Å². The van der Waals surface area contributed by atoms with Gasteiger partial charge < -0.3 is 10.1 Å². The van der Waals surface area contributed by atoms with E-state index in [1.165, 1.54) is 36.8 Å². The molecule has 1 fully saturated rings. The van der Waals surface area contributed by atoms with Crippen LogP contribution in [0, 0.1) is 11.8 Å². The molecule has 1 aromatic rings. The van der Waals surface area contributed by atoms with Crippen molar-refractivity contribution in [1.82, 2.24) is 5.32 Å². The summed E-state index contributed by atoms with van der Waals surface area (Å²) in [5.41, 5.74) is 2.70. The Morgan fingerprint density at radius 2 is 1.86 bits per heavy atom. The second kappa shape index (κ2) is 9.22. The lowest BCUT2D eigenvalue weighted by atomic mass is 9.83. The van der Waals surface area contributed by atoms with E-state index < -0.39 is 0 Å². The molecular weight excluding hydrogens is 258 g/mol. The molecule has 1 aliphatic rings. The first kappa shape index (κ1) is 16.5. The monoisotopic (exact) mass is 289 g/mol. The van der Waals surface area contributed by atoms with Gasteiger partial charge >= 0.3 is 0 Å². The zero-order chi connectivity index (χ0) is 14.9. The lowest BCUT2D eigenvalue weighted by molar-refractivity contribution is 0.0950. The Morgan fingerprint density at radius 1 is 1.14 bits per heavy atom. The van der Waals surface area contributed by atoms with Crippen LogP contribution in [0.5, 0.6) is 0 Å². The van der Waals surface area contributed by atoms with Gasteiger partial charge in [0.1, 0.15) is 0 Å². The molecular formula is C19H31NO. The molecule has 1 N–H and O–H groups in total. The average molecular weight is 289 g/mol. The fourth-order valence-corrected chi connectivity index (χ4v) is 2.65. The fraction of sp³-hybridized carbons (Fsp3) is 0.684. The lowest BCUT2D eigenvalue weighted by Crippen LogP contribution is -2.22. The first-order valence-electron chi connectivity index (χ1n) is 8.60. The quantitative estimate of drug-likeness (QED) is 0.652. The second-order valence-electron chi connectivity index (χ2n) is 6.80. The standard InChI is InChI=1S/C19H31NO/c1-16(2)14-20-12-10-18-6-8-19(9-7-18)15-21-13-11-17-4-3-5-17/h6-9,16-17,20H,3-5,10-15H2,1-2H3. The molecule has 21 heavy (non-hydrogen) atoms. The van der Waals surface area contributed by atoms with Gasteiger partial charge in [0.25, 0.3) is 0 Å². The molecule has 1 saturated carbocycles. The van der Waals surface area contributed by atoms with E-state index in [4.69, 9.17) is 4.74 Å². The highest BCUT2D eigenvalue weighted by molar-refractivity contribution is 5.22. The smallest absolute Gasteiger partial charge is 0.0716 e. The third kappa shape index (κ3) is 6.62. The molecule has 0 radical (unpaired) electrons. The van der Waals surface area contributed by atoms with Crippen LogP contribution in [0.3, 0.4) is 0 Å². The van der Waals surface area contributed by atoms with Crippen LogP contribution < -0.4 is 5.32 Å². The SMILES string of the molecule is CC(C)CNCCc1ccc(COCCC2CCC2)cc1. The Balaban J connectivity index is 1.57. The van der Waals surface area contributed by atoms with E-state index in [0.29, 0.717) is 0 Å². The highest BCUT2D eigenvalue weighted by atomic mass is 16.5. The minimum atomic E-state index is 0.726. The summed E-state index contributed by atoms with van der Waals surface area (Å²) in [7, 11) is 0. The maximum atomic E-state index is 5.78. The van der Waals surface area contributed by atoms with Gasteiger partial charge in [-0.1, -0.05) is 57.4 Å². The van der Waals surface area contributed by atoms with Crippen molar-refractivity contribution in [2.75, 3.05) is 19.7 Å². The van der Waals surface area contributed by atoms with Crippen LogP contribution in [0.2, 0.25) is 0 Å². The summed E-state index contributed by atoms with van der Waals surface area (Å²) in [4.78, 5) is 0. The van der Waals surface area contributed by atoms with E-state index in [1.54, 1.807) is 0 Å². The number of hydrogen-bond acceptors (Lipinski definition) is 2. The van der Waals surface area contributed by atoms with E-state index >= 15 is 0 Å². The maximum Gasteiger partial charge on any atom is 0.0716 e. The molecule has 0 atom stereocenters. The van der Waals surface area contributed by atoms with Crippen molar-refractivity contribution in [2.24, 2.45) is 11.8 Å². The van der Waals surface area contributed by atoms with Gasteiger partial charge in [-0.25, -0.2) is 0 Å². The minimum absolute atomic E-state index is 0.726. The van der Waals surface area contributed by atoms with Crippen molar-refractivity contribution >= 4 is 0 Å². The largest absolute Gasteiger partial charge is 0.377 e. The van der Waals surface area contributed by atoms with Gasteiger partial charge in [0, 0.05) is 6.61 Å². The second-order valence-corrected chi connectivity index (χ2v) is 6.80. The average Bonchev–Trinajstić information content (AvgIpc) is 2.42. The van der Waals surface area contributed by atoms with Gasteiger partial charge in [-0.2, -0.15) is 0 Å². The summed E-state index contributed by atoms with van der Waals surface area (Å²) in [5.74, 6) is 1.68. The highest BCUT2D eigenvalue weighted by Crippen LogP contribution is 2.29. The Bertz CT molecular complexity index is 381. The molecule has 0 saturated heterocycles. The third-order valence-electron chi connectivity index (χ3n) is 4.33. The minimum Gasteiger partial charge on any atom is -0.377 e. The van der Waals surface area contributed by atoms with E-state index in [9.17, 15) is 0 Å². The van der Waals surface area contributed by atoms with E-state index in [2.05, 4.69) is 43.4 Å². The molecule has 2 rings (SSSR count). The molecule has 0 aromatic heterocycles. The predicted octanol–water partition coefficient (Wildman–Crippen LogP) is 4.18. The molecule has 2 nitrogen and oxygen atoms in total. The molecule has 0 heterocycles. The summed E-state index contributed by atoms with van der Waals surface area (Å²) in [6, 6.07) is 8.89. The maximum absolute atomic E-state index is 5.78. The van der Waals surface area contributed by atoms with Crippen molar-refractivity contribution in [3.8, 4) is 0 Å². The summed E-state index contributed by atoms with van der Waals surface area (Å²) >= 11 is 0. The number of benzene rings is 1. The van der Waals surface area contributed by atoms with E-state index in [0.717, 1.165) is 44.6 Å². The van der Waals surface area contributed by atoms with Crippen LogP contribution in [0.25, 0.3) is 0 Å². The summed E-state index contributed by atoms with van der Waals surface area (Å²) in [6.45, 7) is 8.34. The van der Waals surface area contributed by atoms with E-state index in [1.807, 2.05) is 0 Å². The molecule has 1 aliphatic carbocycles. The first-order chi connectivity index (χ1) is 10.2. The van der Waals surface area contributed by atoms with Crippen LogP contribution in [-0.2, 0) is 17.8 Å². The number of rotatable bonds is 10. The Labute approximate surface area is 130 Å². The van der Waals surface area contributed by atoms with Gasteiger partial charge in [0.15, 0.2) is 0 Å². The molecule has 1 aromatic carbocycles. The third-order valence-corrected chi connectivity index (χ3v) is 4.33. The zero-order valence-corrected chi connectivity index (χ0v) is 13.7. The Kier molecular flexibility index (Phi) is 7.25. The predicted molar refractivity (Wildman–Crippen MR) is 89.5 cm³/mol. The Morgan fingerprint density at radius 3 is 2.48 bits per heavy atom. The highest BCUT2D eigenvalue weighted by Gasteiger charge is 2.16. The summed E-state index contributed by atoms with van der Waals surface area (Å²) in [5, 5.41) is 3.49. The van der Waals surface area contributed by atoms with Gasteiger partial charge in [-0.3, -0.25) is 0 Å². The molecule has 118 valence electrons. The van der Waals surface area contributed by atoms with Crippen LogP contribution in [0.15, 0.2) is 24.3 Å². The first-order valence-corrected chi connectivity index (χ1v) is 8.60. The fourth-order valence-electron chi connectivity index (χ4n) is 2.65. The van der Waals surface area contributed by atoms with Crippen molar-refractivity contribution in [1.29, 1.82) is 0 Å².